The minimum absolute atomic E-state index is 0.0914. The minimum Gasteiger partial charge on any atom is -0.481 e. The Morgan fingerprint density at radius 2 is 2.44 bits per heavy atom. The first-order chi connectivity index (χ1) is 4.16. The van der Waals surface area contributed by atoms with Crippen LogP contribution < -0.4 is 0 Å². The molecule has 1 unspecified atom stereocenters. The van der Waals surface area contributed by atoms with Crippen molar-refractivity contribution < 1.29 is 14.3 Å². The van der Waals surface area contributed by atoms with Gasteiger partial charge in [-0.15, -0.1) is 6.42 Å². The van der Waals surface area contributed by atoms with Gasteiger partial charge in [0, 0.05) is 12.8 Å². The van der Waals surface area contributed by atoms with Crippen LogP contribution in [0.1, 0.15) is 12.8 Å². The topological polar surface area (TPSA) is 37.3 Å². The van der Waals surface area contributed by atoms with E-state index in [4.69, 9.17) is 5.11 Å². The maximum atomic E-state index is 12.0. The van der Waals surface area contributed by atoms with Crippen molar-refractivity contribution >= 4 is 5.97 Å². The second-order valence-corrected chi connectivity index (χ2v) is 1.57. The lowest BCUT2D eigenvalue weighted by Gasteiger charge is -1.93. The minimum atomic E-state index is -1.42. The molecule has 2 nitrogen and oxygen atoms in total. The first-order valence-corrected chi connectivity index (χ1v) is 2.49. The van der Waals surface area contributed by atoms with Crippen molar-refractivity contribution in [1.29, 1.82) is 0 Å². The summed E-state index contributed by atoms with van der Waals surface area (Å²) in [6.07, 6.45) is 2.93. The van der Waals surface area contributed by atoms with Gasteiger partial charge >= 0.3 is 5.97 Å². The van der Waals surface area contributed by atoms with Gasteiger partial charge in [0.2, 0.25) is 0 Å². The Morgan fingerprint density at radius 1 is 1.89 bits per heavy atom. The summed E-state index contributed by atoms with van der Waals surface area (Å²) in [5, 5.41) is 8.02. The average Bonchev–Trinajstić information content (AvgIpc) is 1.83. The monoisotopic (exact) mass is 130 g/mol. The molecule has 0 aromatic carbocycles. The van der Waals surface area contributed by atoms with Crippen molar-refractivity contribution in [3.63, 3.8) is 0 Å². The summed E-state index contributed by atoms with van der Waals surface area (Å²) in [4.78, 5) is 9.78. The molecular formula is C6H7FO2. The molecule has 1 atom stereocenters. The molecule has 0 spiro atoms. The van der Waals surface area contributed by atoms with Crippen LogP contribution in [0, 0.1) is 12.3 Å². The van der Waals surface area contributed by atoms with E-state index in [-0.39, 0.29) is 12.8 Å². The first-order valence-electron chi connectivity index (χ1n) is 2.49. The van der Waals surface area contributed by atoms with Gasteiger partial charge in [-0.2, -0.15) is 0 Å². The Labute approximate surface area is 52.7 Å². The van der Waals surface area contributed by atoms with Gasteiger partial charge in [-0.1, -0.05) is 5.92 Å². The molecule has 0 aliphatic heterocycles. The third-order valence-corrected chi connectivity index (χ3v) is 0.792. The highest BCUT2D eigenvalue weighted by molar-refractivity contribution is 5.66. The number of carboxylic acid groups (broad SMARTS) is 1. The van der Waals surface area contributed by atoms with Crippen LogP contribution in [0.25, 0.3) is 0 Å². The molecule has 0 radical (unpaired) electrons. The second-order valence-electron chi connectivity index (χ2n) is 1.57. The van der Waals surface area contributed by atoms with E-state index < -0.39 is 12.1 Å². The van der Waals surface area contributed by atoms with Gasteiger partial charge < -0.3 is 5.11 Å². The van der Waals surface area contributed by atoms with Crippen LogP contribution in [-0.4, -0.2) is 17.2 Å². The van der Waals surface area contributed by atoms with E-state index in [9.17, 15) is 9.18 Å². The maximum absolute atomic E-state index is 12.0. The van der Waals surface area contributed by atoms with Gasteiger partial charge in [-0.25, -0.2) is 4.39 Å². The third-order valence-electron chi connectivity index (χ3n) is 0.792. The summed E-state index contributed by atoms with van der Waals surface area (Å²) >= 11 is 0. The number of rotatable bonds is 3. The molecule has 1 N–H and O–H groups in total. The van der Waals surface area contributed by atoms with Gasteiger partial charge in [-0.3, -0.25) is 4.79 Å². The third kappa shape index (κ3) is 4.82. The highest BCUT2D eigenvalue weighted by Gasteiger charge is 2.03. The molecule has 0 heterocycles. The Morgan fingerprint density at radius 3 is 2.78 bits per heavy atom. The predicted molar refractivity (Wildman–Crippen MR) is 30.6 cm³/mol. The molecule has 0 bridgehead atoms. The summed E-state index contributed by atoms with van der Waals surface area (Å²) in [6.45, 7) is 0. The summed E-state index contributed by atoms with van der Waals surface area (Å²) in [5.41, 5.74) is 0. The molecule has 0 aliphatic carbocycles. The van der Waals surface area contributed by atoms with E-state index in [1.165, 1.54) is 0 Å². The average molecular weight is 130 g/mol. The molecule has 0 rings (SSSR count). The zero-order chi connectivity index (χ0) is 7.28. The zero-order valence-electron chi connectivity index (χ0n) is 4.80. The van der Waals surface area contributed by atoms with Gasteiger partial charge in [0.05, 0.1) is 0 Å². The van der Waals surface area contributed by atoms with Crippen LogP contribution in [0.4, 0.5) is 4.39 Å². The number of aliphatic carboxylic acids is 1. The maximum Gasteiger partial charge on any atom is 0.303 e. The van der Waals surface area contributed by atoms with Crippen molar-refractivity contribution in [1.82, 2.24) is 0 Å². The van der Waals surface area contributed by atoms with Crippen molar-refractivity contribution in [3.05, 3.63) is 0 Å². The summed E-state index contributed by atoms with van der Waals surface area (Å²) < 4.78 is 12.0. The van der Waals surface area contributed by atoms with Crippen LogP contribution in [0.15, 0.2) is 0 Å². The summed E-state index contributed by atoms with van der Waals surface area (Å²) in [5.74, 6) is 0.770. The van der Waals surface area contributed by atoms with Gasteiger partial charge in [0.25, 0.3) is 0 Å². The molecule has 0 aromatic heterocycles. The molecule has 0 saturated carbocycles. The van der Waals surface area contributed by atoms with Crippen LogP contribution in [0.2, 0.25) is 0 Å². The SMILES string of the molecule is C#CC(F)CCC(=O)O. The summed E-state index contributed by atoms with van der Waals surface area (Å²) in [6, 6.07) is 0. The van der Waals surface area contributed by atoms with E-state index in [2.05, 4.69) is 6.42 Å². The Balaban J connectivity index is 3.30. The second kappa shape index (κ2) is 3.90. The Kier molecular flexibility index (Phi) is 3.45. The largest absolute Gasteiger partial charge is 0.481 e. The van der Waals surface area contributed by atoms with E-state index >= 15 is 0 Å². The van der Waals surface area contributed by atoms with Crippen LogP contribution in [-0.2, 0) is 4.79 Å². The molecule has 3 heteroatoms. The lowest BCUT2D eigenvalue weighted by atomic mass is 10.2. The number of terminal acetylenes is 1. The molecule has 0 fully saturated rings. The van der Waals surface area contributed by atoms with Crippen molar-refractivity contribution in [3.8, 4) is 12.3 Å². The highest BCUT2D eigenvalue weighted by atomic mass is 19.1. The van der Waals surface area contributed by atoms with Gasteiger partial charge in [-0.05, 0) is 0 Å². The molecule has 0 saturated heterocycles. The first kappa shape index (κ1) is 7.96. The smallest absolute Gasteiger partial charge is 0.303 e. The number of carbonyl (C=O) groups is 1. The highest BCUT2D eigenvalue weighted by Crippen LogP contribution is 1.98. The van der Waals surface area contributed by atoms with E-state index in [1.807, 2.05) is 0 Å². The molecule has 0 amide bonds. The molecule has 0 aliphatic rings. The normalized spacial score (nSPS) is 12.0. The Hall–Kier alpha value is -1.04. The Bertz CT molecular complexity index is 136. The fourth-order valence-electron chi connectivity index (χ4n) is 0.334. The van der Waals surface area contributed by atoms with Crippen molar-refractivity contribution in [2.24, 2.45) is 0 Å². The van der Waals surface area contributed by atoms with Crippen molar-refractivity contribution in [2.45, 2.75) is 19.0 Å². The summed E-state index contributed by atoms with van der Waals surface area (Å²) in [7, 11) is 0. The fraction of sp³-hybridized carbons (Fsp3) is 0.500. The predicted octanol–water partition coefficient (Wildman–Crippen LogP) is 0.823. The van der Waals surface area contributed by atoms with Crippen LogP contribution in [0.5, 0.6) is 0 Å². The standard InChI is InChI=1S/C6H7FO2/c1-2-5(7)3-4-6(8)9/h1,5H,3-4H2,(H,8,9). The molecular weight excluding hydrogens is 123 g/mol. The molecule has 9 heavy (non-hydrogen) atoms. The van der Waals surface area contributed by atoms with Gasteiger partial charge in [0.1, 0.15) is 0 Å². The number of hydrogen-bond acceptors (Lipinski definition) is 1. The van der Waals surface area contributed by atoms with E-state index in [0.717, 1.165) is 0 Å². The lowest BCUT2D eigenvalue weighted by Crippen LogP contribution is -2.01. The van der Waals surface area contributed by atoms with E-state index in [1.54, 1.807) is 5.92 Å². The van der Waals surface area contributed by atoms with Crippen LogP contribution in [0.3, 0.4) is 0 Å². The fourth-order valence-corrected chi connectivity index (χ4v) is 0.334. The number of alkyl halides is 1. The number of hydrogen-bond donors (Lipinski definition) is 1. The van der Waals surface area contributed by atoms with Gasteiger partial charge in [0.15, 0.2) is 6.17 Å². The molecule has 0 aromatic rings. The molecule has 50 valence electrons. The quantitative estimate of drug-likeness (QED) is 0.574. The van der Waals surface area contributed by atoms with Crippen molar-refractivity contribution in [2.75, 3.05) is 0 Å². The zero-order valence-corrected chi connectivity index (χ0v) is 4.80. The van der Waals surface area contributed by atoms with Crippen LogP contribution >= 0.6 is 0 Å². The lowest BCUT2D eigenvalue weighted by molar-refractivity contribution is -0.137. The van der Waals surface area contributed by atoms with E-state index in [0.29, 0.717) is 0 Å². The number of halogens is 1. The number of carboxylic acids is 1.